The van der Waals surface area contributed by atoms with Crippen LogP contribution in [-0.2, 0) is 16.1 Å². The quantitative estimate of drug-likeness (QED) is 0.663. The summed E-state index contributed by atoms with van der Waals surface area (Å²) in [5, 5.41) is 3.51. The number of benzene rings is 3. The van der Waals surface area contributed by atoms with E-state index in [2.05, 4.69) is 5.32 Å². The third kappa shape index (κ3) is 4.58. The largest absolute Gasteiger partial charge is 0.350 e. The lowest BCUT2D eigenvalue weighted by atomic mass is 10.1. The van der Waals surface area contributed by atoms with Crippen LogP contribution in [0.5, 0.6) is 0 Å². The van der Waals surface area contributed by atoms with Gasteiger partial charge in [0.15, 0.2) is 0 Å². The Bertz CT molecular complexity index is 1090. The zero-order valence-corrected chi connectivity index (χ0v) is 17.0. The fraction of sp³-hybridized carbons (Fsp3) is 0.125. The molecule has 0 aliphatic carbocycles. The summed E-state index contributed by atoms with van der Waals surface area (Å²) in [6, 6.07) is 24.3. The second-order valence-corrected chi connectivity index (χ2v) is 7.41. The number of halogens is 1. The number of aliphatic imine (C=N–C) groups is 1. The highest BCUT2D eigenvalue weighted by Gasteiger charge is 2.26. The molecule has 0 aromatic heterocycles. The van der Waals surface area contributed by atoms with Gasteiger partial charge in [-0.05, 0) is 35.4 Å². The highest BCUT2D eigenvalue weighted by Crippen LogP contribution is 2.32. The van der Waals surface area contributed by atoms with Crippen molar-refractivity contribution >= 4 is 40.5 Å². The molecule has 3 aromatic carbocycles. The van der Waals surface area contributed by atoms with Gasteiger partial charge in [0, 0.05) is 11.6 Å². The minimum atomic E-state index is -0.240. The number of carbonyl (C=O) groups excluding carboxylic acids is 2. The number of carbonyl (C=O) groups is 2. The minimum absolute atomic E-state index is 0.0684. The van der Waals surface area contributed by atoms with E-state index < -0.39 is 0 Å². The van der Waals surface area contributed by atoms with Gasteiger partial charge in [0.2, 0.25) is 11.8 Å². The van der Waals surface area contributed by atoms with Gasteiger partial charge in [-0.2, -0.15) is 0 Å². The van der Waals surface area contributed by atoms with Gasteiger partial charge in [0.05, 0.1) is 23.5 Å². The Morgan fingerprint density at radius 3 is 2.43 bits per heavy atom. The second kappa shape index (κ2) is 8.93. The average Bonchev–Trinajstić information content (AvgIpc) is 2.91. The van der Waals surface area contributed by atoms with Crippen LogP contribution in [0.4, 0.5) is 11.4 Å². The number of rotatable bonds is 5. The molecule has 3 aromatic rings. The number of hydrogen-bond acceptors (Lipinski definition) is 3. The molecule has 30 heavy (non-hydrogen) atoms. The third-order valence-corrected chi connectivity index (χ3v) is 5.11. The van der Waals surface area contributed by atoms with Crippen LogP contribution in [0.1, 0.15) is 17.5 Å². The highest BCUT2D eigenvalue weighted by atomic mass is 35.5. The Morgan fingerprint density at radius 2 is 1.67 bits per heavy atom. The number of anilines is 1. The molecule has 0 saturated heterocycles. The van der Waals surface area contributed by atoms with Crippen LogP contribution in [0.15, 0.2) is 83.9 Å². The molecule has 0 unspecified atom stereocenters. The van der Waals surface area contributed by atoms with Crippen molar-refractivity contribution in [3.8, 4) is 0 Å². The molecule has 0 saturated carbocycles. The summed E-state index contributed by atoms with van der Waals surface area (Å²) < 4.78 is 0. The Kier molecular flexibility index (Phi) is 5.91. The van der Waals surface area contributed by atoms with Crippen molar-refractivity contribution in [2.45, 2.75) is 13.0 Å². The molecule has 5 nitrogen and oxygen atoms in total. The second-order valence-electron chi connectivity index (χ2n) is 6.97. The molecular formula is C24H20ClN3O2. The van der Waals surface area contributed by atoms with Gasteiger partial charge in [-0.1, -0.05) is 66.2 Å². The summed E-state index contributed by atoms with van der Waals surface area (Å²) in [5.74, 6) is -0.402. The number of nitrogens with zero attached hydrogens (tertiary/aromatic N) is 2. The fourth-order valence-corrected chi connectivity index (χ4v) is 3.44. The maximum absolute atomic E-state index is 13.1. The third-order valence-electron chi connectivity index (χ3n) is 4.86. The van der Waals surface area contributed by atoms with E-state index in [4.69, 9.17) is 16.6 Å². The Morgan fingerprint density at radius 1 is 0.967 bits per heavy atom. The molecule has 150 valence electrons. The van der Waals surface area contributed by atoms with Crippen molar-refractivity contribution in [2.24, 2.45) is 4.99 Å². The predicted molar refractivity (Wildman–Crippen MR) is 119 cm³/mol. The van der Waals surface area contributed by atoms with Crippen LogP contribution in [-0.4, -0.2) is 24.1 Å². The number of fused-ring (bicyclic) bond motifs is 1. The Balaban J connectivity index is 1.52. The number of hydrogen-bond donors (Lipinski definition) is 1. The SMILES string of the molecule is O=C(CN1C(=O)CC(c2ccccc2)=Nc2ccccc21)NCc1ccc(Cl)cc1. The normalized spacial score (nSPS) is 13.3. The van der Waals surface area contributed by atoms with E-state index in [0.717, 1.165) is 11.1 Å². The van der Waals surface area contributed by atoms with Crippen LogP contribution in [0.3, 0.4) is 0 Å². The summed E-state index contributed by atoms with van der Waals surface area (Å²) in [5.41, 5.74) is 3.83. The molecule has 0 bridgehead atoms. The maximum atomic E-state index is 13.1. The van der Waals surface area contributed by atoms with E-state index >= 15 is 0 Å². The predicted octanol–water partition coefficient (Wildman–Crippen LogP) is 4.51. The summed E-state index contributed by atoms with van der Waals surface area (Å²) in [7, 11) is 0. The molecule has 0 spiro atoms. The lowest BCUT2D eigenvalue weighted by Gasteiger charge is -2.22. The lowest BCUT2D eigenvalue weighted by Crippen LogP contribution is -2.40. The van der Waals surface area contributed by atoms with E-state index in [1.54, 1.807) is 12.1 Å². The molecule has 1 heterocycles. The average molecular weight is 418 g/mol. The summed E-state index contributed by atoms with van der Waals surface area (Å²) in [6.45, 7) is 0.298. The maximum Gasteiger partial charge on any atom is 0.240 e. The highest BCUT2D eigenvalue weighted by molar-refractivity contribution is 6.30. The first-order valence-electron chi connectivity index (χ1n) is 9.64. The smallest absolute Gasteiger partial charge is 0.240 e. The van der Waals surface area contributed by atoms with E-state index in [0.29, 0.717) is 28.7 Å². The number of nitrogens with one attached hydrogen (secondary N) is 1. The molecule has 0 atom stereocenters. The van der Waals surface area contributed by atoms with Crippen LogP contribution in [0, 0.1) is 0 Å². The molecule has 6 heteroatoms. The Labute approximate surface area is 180 Å². The molecule has 0 radical (unpaired) electrons. The first-order chi connectivity index (χ1) is 14.6. The molecule has 4 rings (SSSR count). The summed E-state index contributed by atoms with van der Waals surface area (Å²) in [6.07, 6.45) is 0.128. The van der Waals surface area contributed by atoms with Gasteiger partial charge in [-0.3, -0.25) is 14.6 Å². The van der Waals surface area contributed by atoms with Gasteiger partial charge in [0.25, 0.3) is 0 Å². The minimum Gasteiger partial charge on any atom is -0.350 e. The summed E-state index contributed by atoms with van der Waals surface area (Å²) in [4.78, 5) is 31.9. The van der Waals surface area contributed by atoms with Crippen LogP contribution >= 0.6 is 11.6 Å². The van der Waals surface area contributed by atoms with E-state index in [1.807, 2.05) is 66.7 Å². The number of amides is 2. The van der Waals surface area contributed by atoms with Gasteiger partial charge >= 0.3 is 0 Å². The Hall–Kier alpha value is -3.44. The first kappa shape index (κ1) is 19.9. The van der Waals surface area contributed by atoms with Gasteiger partial charge in [-0.25, -0.2) is 0 Å². The summed E-state index contributed by atoms with van der Waals surface area (Å²) >= 11 is 5.90. The lowest BCUT2D eigenvalue weighted by molar-refractivity contribution is -0.123. The van der Waals surface area contributed by atoms with E-state index in [1.165, 1.54) is 4.90 Å². The van der Waals surface area contributed by atoms with Gasteiger partial charge in [-0.15, -0.1) is 0 Å². The first-order valence-corrected chi connectivity index (χ1v) is 10.0. The molecule has 2 amide bonds. The molecule has 1 N–H and O–H groups in total. The van der Waals surface area contributed by atoms with Crippen LogP contribution in [0.25, 0.3) is 0 Å². The van der Waals surface area contributed by atoms with Crippen LogP contribution < -0.4 is 10.2 Å². The monoisotopic (exact) mass is 417 g/mol. The van der Waals surface area contributed by atoms with Crippen molar-refractivity contribution in [3.63, 3.8) is 0 Å². The van der Waals surface area contributed by atoms with Crippen molar-refractivity contribution in [1.82, 2.24) is 5.32 Å². The molecular weight excluding hydrogens is 398 g/mol. The number of para-hydroxylation sites is 2. The van der Waals surface area contributed by atoms with Crippen molar-refractivity contribution in [3.05, 3.63) is 95.0 Å². The molecule has 1 aliphatic rings. The van der Waals surface area contributed by atoms with Gasteiger partial charge in [0.1, 0.15) is 6.54 Å². The van der Waals surface area contributed by atoms with Crippen LogP contribution in [0.2, 0.25) is 5.02 Å². The fourth-order valence-electron chi connectivity index (χ4n) is 3.32. The van der Waals surface area contributed by atoms with Crippen molar-refractivity contribution in [2.75, 3.05) is 11.4 Å². The zero-order chi connectivity index (χ0) is 20.9. The van der Waals surface area contributed by atoms with E-state index in [-0.39, 0.29) is 24.8 Å². The molecule has 1 aliphatic heterocycles. The van der Waals surface area contributed by atoms with E-state index in [9.17, 15) is 9.59 Å². The zero-order valence-electron chi connectivity index (χ0n) is 16.2. The standard InChI is InChI=1S/C24H20ClN3O2/c25-19-12-10-17(11-13-19)15-26-23(29)16-28-22-9-5-4-8-20(22)27-21(14-24(28)30)18-6-2-1-3-7-18/h1-13H,14-16H2,(H,26,29). The topological polar surface area (TPSA) is 61.8 Å². The van der Waals surface area contributed by atoms with Crippen molar-refractivity contribution < 1.29 is 9.59 Å². The van der Waals surface area contributed by atoms with Gasteiger partial charge < -0.3 is 10.2 Å². The molecule has 0 fully saturated rings. The van der Waals surface area contributed by atoms with Crippen molar-refractivity contribution in [1.29, 1.82) is 0 Å².